The Labute approximate surface area is 156 Å². The van der Waals surface area contributed by atoms with E-state index < -0.39 is 0 Å². The Bertz CT molecular complexity index is 1380. The van der Waals surface area contributed by atoms with Crippen LogP contribution in [0.25, 0.3) is 43.6 Å². The van der Waals surface area contributed by atoms with Gasteiger partial charge in [0.05, 0.1) is 32.1 Å². The lowest BCUT2D eigenvalue weighted by Gasteiger charge is -2.08. The van der Waals surface area contributed by atoms with Gasteiger partial charge in [0.15, 0.2) is 10.9 Å². The molecule has 0 radical (unpaired) electrons. The molecule has 26 heavy (non-hydrogen) atoms. The van der Waals surface area contributed by atoms with E-state index in [2.05, 4.69) is 9.97 Å². The van der Waals surface area contributed by atoms with Crippen molar-refractivity contribution in [3.63, 3.8) is 0 Å². The topological polar surface area (TPSA) is 65.7 Å². The largest absolute Gasteiger partial charge is 0.353 e. The molecule has 0 fully saturated rings. The third-order valence-electron chi connectivity index (χ3n) is 4.68. The van der Waals surface area contributed by atoms with Crippen LogP contribution in [0.5, 0.6) is 0 Å². The number of benzene rings is 3. The molecule has 6 heteroatoms. The summed E-state index contributed by atoms with van der Waals surface area (Å²) >= 11 is 12.4. The summed E-state index contributed by atoms with van der Waals surface area (Å²) in [4.78, 5) is 32.2. The summed E-state index contributed by atoms with van der Waals surface area (Å²) in [5.41, 5.74) is 1.97. The van der Waals surface area contributed by atoms with E-state index in [0.717, 1.165) is 0 Å². The highest BCUT2D eigenvalue weighted by atomic mass is 35.5. The van der Waals surface area contributed by atoms with Gasteiger partial charge in [-0.15, -0.1) is 0 Å². The van der Waals surface area contributed by atoms with E-state index in [-0.39, 0.29) is 10.9 Å². The molecule has 0 atom stereocenters. The van der Waals surface area contributed by atoms with E-state index in [1.54, 1.807) is 48.5 Å². The lowest BCUT2D eigenvalue weighted by Crippen LogP contribution is -2.08. The van der Waals surface area contributed by atoms with Gasteiger partial charge in [0.1, 0.15) is 0 Å². The zero-order chi connectivity index (χ0) is 18.0. The predicted molar refractivity (Wildman–Crippen MR) is 108 cm³/mol. The van der Waals surface area contributed by atoms with Crippen LogP contribution >= 0.6 is 23.2 Å². The Hall–Kier alpha value is -2.82. The SMILES string of the molecule is O=c1c2cc3[nH]c4c(Cl)cccc4c(=O)c3cc2[nH]c2c(Cl)cccc12. The molecular weight excluding hydrogens is 371 g/mol. The number of nitrogens with one attached hydrogen (secondary N) is 2. The molecule has 0 spiro atoms. The molecule has 5 aromatic rings. The second kappa shape index (κ2) is 5.34. The van der Waals surface area contributed by atoms with Crippen molar-refractivity contribution in [1.29, 1.82) is 0 Å². The molecule has 4 nitrogen and oxygen atoms in total. The number of halogens is 2. The van der Waals surface area contributed by atoms with E-state index in [0.29, 0.717) is 53.7 Å². The third-order valence-corrected chi connectivity index (χ3v) is 5.31. The average molecular weight is 381 g/mol. The second-order valence-corrected chi connectivity index (χ2v) is 6.99. The molecular formula is C20H10Cl2N2O2. The van der Waals surface area contributed by atoms with Gasteiger partial charge in [-0.2, -0.15) is 0 Å². The maximum Gasteiger partial charge on any atom is 0.197 e. The minimum Gasteiger partial charge on any atom is -0.353 e. The fourth-order valence-corrected chi connectivity index (χ4v) is 3.87. The van der Waals surface area contributed by atoms with Crippen LogP contribution in [0, 0.1) is 0 Å². The van der Waals surface area contributed by atoms with Gasteiger partial charge in [-0.05, 0) is 36.4 Å². The van der Waals surface area contributed by atoms with E-state index >= 15 is 0 Å². The Morgan fingerprint density at radius 2 is 1.04 bits per heavy atom. The zero-order valence-electron chi connectivity index (χ0n) is 13.2. The van der Waals surface area contributed by atoms with Crippen LogP contribution < -0.4 is 10.9 Å². The summed E-state index contributed by atoms with van der Waals surface area (Å²) in [6.45, 7) is 0. The van der Waals surface area contributed by atoms with Crippen LogP contribution in [0.3, 0.4) is 0 Å². The molecule has 126 valence electrons. The molecule has 2 aromatic heterocycles. The van der Waals surface area contributed by atoms with Crippen LogP contribution in [-0.2, 0) is 0 Å². The fraction of sp³-hybridized carbons (Fsp3) is 0. The van der Waals surface area contributed by atoms with Gasteiger partial charge in [0.25, 0.3) is 0 Å². The number of hydrogen-bond donors (Lipinski definition) is 2. The Morgan fingerprint density at radius 3 is 1.46 bits per heavy atom. The van der Waals surface area contributed by atoms with Gasteiger partial charge in [0.2, 0.25) is 0 Å². The van der Waals surface area contributed by atoms with E-state index in [9.17, 15) is 9.59 Å². The number of aromatic nitrogens is 2. The highest BCUT2D eigenvalue weighted by molar-refractivity contribution is 6.35. The normalized spacial score (nSPS) is 11.8. The third kappa shape index (κ3) is 2.03. The van der Waals surface area contributed by atoms with Crippen LogP contribution in [-0.4, -0.2) is 9.97 Å². The maximum absolute atomic E-state index is 12.9. The van der Waals surface area contributed by atoms with Gasteiger partial charge < -0.3 is 9.97 Å². The smallest absolute Gasteiger partial charge is 0.197 e. The number of fused-ring (bicyclic) bond motifs is 4. The van der Waals surface area contributed by atoms with Gasteiger partial charge in [-0.25, -0.2) is 0 Å². The molecule has 0 aliphatic rings. The molecule has 0 aliphatic heterocycles. The van der Waals surface area contributed by atoms with Gasteiger partial charge >= 0.3 is 0 Å². The molecule has 0 aliphatic carbocycles. The molecule has 3 aromatic carbocycles. The van der Waals surface area contributed by atoms with Crippen molar-refractivity contribution >= 4 is 66.8 Å². The van der Waals surface area contributed by atoms with Crippen molar-refractivity contribution in [1.82, 2.24) is 9.97 Å². The Kier molecular flexibility index (Phi) is 3.17. The van der Waals surface area contributed by atoms with Crippen LogP contribution in [0.1, 0.15) is 0 Å². The molecule has 0 saturated carbocycles. The first-order valence-electron chi connectivity index (χ1n) is 7.93. The minimum absolute atomic E-state index is 0.141. The molecule has 0 amide bonds. The number of rotatable bonds is 0. The van der Waals surface area contributed by atoms with Crippen molar-refractivity contribution in [3.05, 3.63) is 79.0 Å². The summed E-state index contributed by atoms with van der Waals surface area (Å²) < 4.78 is 0. The molecule has 2 N–H and O–H groups in total. The van der Waals surface area contributed by atoms with Gasteiger partial charge in [-0.1, -0.05) is 35.3 Å². The molecule has 0 saturated heterocycles. The summed E-state index contributed by atoms with van der Waals surface area (Å²) in [5.74, 6) is 0. The molecule has 2 heterocycles. The molecule has 5 rings (SSSR count). The Balaban J connectivity index is 2.04. The summed E-state index contributed by atoms with van der Waals surface area (Å²) in [5, 5.41) is 2.89. The predicted octanol–water partition coefficient (Wildman–Crippen LogP) is 4.98. The number of para-hydroxylation sites is 2. The second-order valence-electron chi connectivity index (χ2n) is 6.18. The van der Waals surface area contributed by atoms with Crippen molar-refractivity contribution in [2.45, 2.75) is 0 Å². The quantitative estimate of drug-likeness (QED) is 0.372. The zero-order valence-corrected chi connectivity index (χ0v) is 14.7. The number of hydrogen-bond acceptors (Lipinski definition) is 2. The van der Waals surface area contributed by atoms with Crippen molar-refractivity contribution < 1.29 is 0 Å². The molecule has 0 unspecified atom stereocenters. The average Bonchev–Trinajstić information content (AvgIpc) is 2.63. The maximum atomic E-state index is 12.9. The summed E-state index contributed by atoms with van der Waals surface area (Å²) in [7, 11) is 0. The first-order valence-corrected chi connectivity index (χ1v) is 8.68. The Morgan fingerprint density at radius 1 is 0.615 bits per heavy atom. The van der Waals surface area contributed by atoms with Crippen molar-refractivity contribution in [2.24, 2.45) is 0 Å². The monoisotopic (exact) mass is 380 g/mol. The van der Waals surface area contributed by atoms with Gasteiger partial charge in [0, 0.05) is 21.5 Å². The first-order chi connectivity index (χ1) is 12.5. The lowest BCUT2D eigenvalue weighted by molar-refractivity contribution is 1.46. The van der Waals surface area contributed by atoms with Crippen molar-refractivity contribution in [3.8, 4) is 0 Å². The number of pyridine rings is 2. The summed E-state index contributed by atoms with van der Waals surface area (Å²) in [6, 6.07) is 13.7. The van der Waals surface area contributed by atoms with Crippen LogP contribution in [0.15, 0.2) is 58.1 Å². The van der Waals surface area contributed by atoms with Crippen LogP contribution in [0.4, 0.5) is 0 Å². The summed E-state index contributed by atoms with van der Waals surface area (Å²) in [6.07, 6.45) is 0. The fourth-order valence-electron chi connectivity index (χ4n) is 3.42. The van der Waals surface area contributed by atoms with Gasteiger partial charge in [-0.3, -0.25) is 9.59 Å². The number of aromatic amines is 2. The minimum atomic E-state index is -0.141. The standard InChI is InChI=1S/C20H10Cl2N2O2/c21-13-5-1-3-9-17(13)23-15-8-12-16(7-11(15)19(9)25)24-18-10(20(12)26)4-2-6-14(18)22/h1-8H,(H,23,25)(H,24,26). The first kappa shape index (κ1) is 15.4. The van der Waals surface area contributed by atoms with E-state index in [4.69, 9.17) is 23.2 Å². The molecule has 0 bridgehead atoms. The highest BCUT2D eigenvalue weighted by Crippen LogP contribution is 2.26. The highest BCUT2D eigenvalue weighted by Gasteiger charge is 2.12. The van der Waals surface area contributed by atoms with E-state index in [1.807, 2.05) is 0 Å². The lowest BCUT2D eigenvalue weighted by atomic mass is 10.1. The van der Waals surface area contributed by atoms with Crippen LogP contribution in [0.2, 0.25) is 10.0 Å². The van der Waals surface area contributed by atoms with E-state index in [1.165, 1.54) is 0 Å². The van der Waals surface area contributed by atoms with Crippen molar-refractivity contribution in [2.75, 3.05) is 0 Å². The number of H-pyrrole nitrogens is 2.